The number of anilines is 1. The first-order valence-corrected chi connectivity index (χ1v) is 11.3. The minimum Gasteiger partial charge on any atom is -0.497 e. The van der Waals surface area contributed by atoms with Gasteiger partial charge >= 0.3 is 5.97 Å². The number of furan rings is 1. The molecule has 0 fully saturated rings. The molecule has 9 heteroatoms. The van der Waals surface area contributed by atoms with Crippen LogP contribution in [-0.4, -0.2) is 35.9 Å². The van der Waals surface area contributed by atoms with Crippen molar-refractivity contribution >= 4 is 17.6 Å². The summed E-state index contributed by atoms with van der Waals surface area (Å²) in [4.78, 5) is 25.0. The van der Waals surface area contributed by atoms with E-state index in [0.717, 1.165) is 17.0 Å². The lowest BCUT2D eigenvalue weighted by atomic mass is 10.1. The molecule has 9 nitrogen and oxygen atoms in total. The Bertz CT molecular complexity index is 1370. The Morgan fingerprint density at radius 2 is 1.69 bits per heavy atom. The van der Waals surface area contributed by atoms with Crippen molar-refractivity contribution in [3.63, 3.8) is 0 Å². The van der Waals surface area contributed by atoms with Crippen molar-refractivity contribution in [2.24, 2.45) is 0 Å². The summed E-state index contributed by atoms with van der Waals surface area (Å²) in [6.07, 6.45) is 0. The van der Waals surface area contributed by atoms with Gasteiger partial charge in [0.2, 0.25) is 0 Å². The van der Waals surface area contributed by atoms with Crippen molar-refractivity contribution in [3.05, 3.63) is 94.7 Å². The molecule has 2 heterocycles. The molecule has 0 aliphatic carbocycles. The molecule has 4 aromatic rings. The summed E-state index contributed by atoms with van der Waals surface area (Å²) in [5.41, 5.74) is 3.21. The SMILES string of the molecule is COC(=O)c1ccccc1Cn1nc(C)c(NC(=O)c2ccc(COc3ccc(OC)cc3)o2)c1C. The van der Waals surface area contributed by atoms with E-state index in [-0.39, 0.29) is 12.4 Å². The largest absolute Gasteiger partial charge is 0.497 e. The van der Waals surface area contributed by atoms with Gasteiger partial charge in [-0.05, 0) is 61.9 Å². The van der Waals surface area contributed by atoms with Crippen molar-refractivity contribution < 1.29 is 28.2 Å². The summed E-state index contributed by atoms with van der Waals surface area (Å²) in [5, 5.41) is 7.44. The van der Waals surface area contributed by atoms with E-state index in [2.05, 4.69) is 10.4 Å². The Balaban J connectivity index is 1.43. The van der Waals surface area contributed by atoms with Crippen LogP contribution in [-0.2, 0) is 17.9 Å². The normalized spacial score (nSPS) is 10.7. The maximum atomic E-state index is 12.9. The van der Waals surface area contributed by atoms with E-state index in [1.807, 2.05) is 26.0 Å². The van der Waals surface area contributed by atoms with Gasteiger partial charge in [0.05, 0.1) is 43.4 Å². The number of aryl methyl sites for hydroxylation is 1. The minimum atomic E-state index is -0.412. The van der Waals surface area contributed by atoms with Gasteiger partial charge in [-0.15, -0.1) is 0 Å². The highest BCUT2D eigenvalue weighted by atomic mass is 16.5. The standard InChI is InChI=1S/C27H27N3O6/c1-17-25(18(2)30(29-17)15-19-7-5-6-8-23(19)27(32)34-4)28-26(31)24-14-13-22(36-24)16-35-21-11-9-20(33-3)10-12-21/h5-14H,15-16H2,1-4H3,(H,28,31). The van der Waals surface area contributed by atoms with Crippen LogP contribution in [0.3, 0.4) is 0 Å². The van der Waals surface area contributed by atoms with Gasteiger partial charge in [0.1, 0.15) is 23.9 Å². The van der Waals surface area contributed by atoms with E-state index in [0.29, 0.717) is 35.0 Å². The van der Waals surface area contributed by atoms with Crippen LogP contribution in [0.15, 0.2) is 65.1 Å². The Kier molecular flexibility index (Phi) is 7.39. The van der Waals surface area contributed by atoms with Gasteiger partial charge in [0.15, 0.2) is 5.76 Å². The van der Waals surface area contributed by atoms with Crippen molar-refractivity contribution in [2.75, 3.05) is 19.5 Å². The molecular weight excluding hydrogens is 462 g/mol. The topological polar surface area (TPSA) is 105 Å². The maximum absolute atomic E-state index is 12.9. The van der Waals surface area contributed by atoms with Crippen molar-refractivity contribution in [2.45, 2.75) is 27.0 Å². The molecule has 4 rings (SSSR count). The second-order valence-electron chi connectivity index (χ2n) is 8.04. The summed E-state index contributed by atoms with van der Waals surface area (Å²) in [6, 6.07) is 17.7. The molecule has 186 valence electrons. The van der Waals surface area contributed by atoms with Gasteiger partial charge < -0.3 is 23.9 Å². The molecule has 0 atom stereocenters. The molecular formula is C27H27N3O6. The lowest BCUT2D eigenvalue weighted by molar-refractivity contribution is 0.0599. The summed E-state index contributed by atoms with van der Waals surface area (Å²) in [6.45, 7) is 4.19. The van der Waals surface area contributed by atoms with Crippen molar-refractivity contribution in [1.29, 1.82) is 0 Å². The van der Waals surface area contributed by atoms with E-state index in [1.54, 1.807) is 60.3 Å². The Hall–Kier alpha value is -4.53. The smallest absolute Gasteiger partial charge is 0.338 e. The van der Waals surface area contributed by atoms with Crippen LogP contribution in [0.2, 0.25) is 0 Å². The summed E-state index contributed by atoms with van der Waals surface area (Å²) in [5.74, 6) is 1.26. The number of esters is 1. The number of nitrogens with one attached hydrogen (secondary N) is 1. The number of hydrogen-bond donors (Lipinski definition) is 1. The van der Waals surface area contributed by atoms with Gasteiger partial charge in [-0.3, -0.25) is 9.48 Å². The van der Waals surface area contributed by atoms with Crippen LogP contribution in [0.5, 0.6) is 11.5 Å². The fraction of sp³-hybridized carbons (Fsp3) is 0.222. The molecule has 2 aromatic heterocycles. The zero-order valence-corrected chi connectivity index (χ0v) is 20.5. The molecule has 0 aliphatic heterocycles. The number of rotatable bonds is 9. The molecule has 0 spiro atoms. The first-order valence-electron chi connectivity index (χ1n) is 11.3. The number of hydrogen-bond acceptors (Lipinski definition) is 7. The Morgan fingerprint density at radius 1 is 0.972 bits per heavy atom. The van der Waals surface area contributed by atoms with E-state index in [1.165, 1.54) is 7.11 Å². The Labute approximate surface area is 208 Å². The van der Waals surface area contributed by atoms with Gasteiger partial charge in [0, 0.05) is 0 Å². The van der Waals surface area contributed by atoms with Crippen LogP contribution in [0.4, 0.5) is 5.69 Å². The molecule has 0 aliphatic rings. The number of aromatic nitrogens is 2. The highest BCUT2D eigenvalue weighted by molar-refractivity contribution is 6.03. The molecule has 0 unspecified atom stereocenters. The number of carbonyl (C=O) groups excluding carboxylic acids is 2. The first-order chi connectivity index (χ1) is 17.4. The van der Waals surface area contributed by atoms with E-state index < -0.39 is 11.9 Å². The third kappa shape index (κ3) is 5.41. The van der Waals surface area contributed by atoms with E-state index in [4.69, 9.17) is 18.6 Å². The van der Waals surface area contributed by atoms with Gasteiger partial charge in [-0.2, -0.15) is 5.10 Å². The second kappa shape index (κ2) is 10.8. The first kappa shape index (κ1) is 24.6. The zero-order valence-electron chi connectivity index (χ0n) is 20.5. The van der Waals surface area contributed by atoms with Crippen LogP contribution >= 0.6 is 0 Å². The number of amides is 1. The quantitative estimate of drug-likeness (QED) is 0.338. The number of methoxy groups -OCH3 is 2. The van der Waals surface area contributed by atoms with Gasteiger partial charge in [-0.1, -0.05) is 18.2 Å². The summed E-state index contributed by atoms with van der Waals surface area (Å²) >= 11 is 0. The van der Waals surface area contributed by atoms with E-state index in [9.17, 15) is 9.59 Å². The molecule has 1 N–H and O–H groups in total. The number of carbonyl (C=O) groups is 2. The highest BCUT2D eigenvalue weighted by Crippen LogP contribution is 2.23. The zero-order chi connectivity index (χ0) is 25.7. The molecule has 36 heavy (non-hydrogen) atoms. The lowest BCUT2D eigenvalue weighted by Crippen LogP contribution is -2.13. The van der Waals surface area contributed by atoms with E-state index >= 15 is 0 Å². The minimum absolute atomic E-state index is 0.158. The number of benzene rings is 2. The fourth-order valence-corrected chi connectivity index (χ4v) is 3.74. The van der Waals surface area contributed by atoms with Crippen LogP contribution in [0, 0.1) is 13.8 Å². The van der Waals surface area contributed by atoms with Crippen molar-refractivity contribution in [3.8, 4) is 11.5 Å². The molecule has 0 saturated carbocycles. The summed E-state index contributed by atoms with van der Waals surface area (Å²) < 4.78 is 23.1. The highest BCUT2D eigenvalue weighted by Gasteiger charge is 2.19. The number of nitrogens with zero attached hydrogens (tertiary/aromatic N) is 2. The van der Waals surface area contributed by atoms with Crippen molar-refractivity contribution in [1.82, 2.24) is 9.78 Å². The second-order valence-corrected chi connectivity index (χ2v) is 8.04. The maximum Gasteiger partial charge on any atom is 0.338 e. The predicted octanol–water partition coefficient (Wildman–Crippen LogP) is 4.77. The molecule has 0 bridgehead atoms. The number of ether oxygens (including phenoxy) is 3. The summed E-state index contributed by atoms with van der Waals surface area (Å²) in [7, 11) is 2.95. The van der Waals surface area contributed by atoms with Crippen LogP contribution < -0.4 is 14.8 Å². The van der Waals surface area contributed by atoms with Crippen LogP contribution in [0.25, 0.3) is 0 Å². The average Bonchev–Trinajstić information content (AvgIpc) is 3.48. The van der Waals surface area contributed by atoms with Gasteiger partial charge in [0.25, 0.3) is 5.91 Å². The average molecular weight is 490 g/mol. The molecule has 2 aromatic carbocycles. The van der Waals surface area contributed by atoms with Gasteiger partial charge in [-0.25, -0.2) is 4.79 Å². The Morgan fingerprint density at radius 3 is 2.42 bits per heavy atom. The molecule has 0 radical (unpaired) electrons. The third-order valence-corrected chi connectivity index (χ3v) is 5.69. The molecule has 0 saturated heterocycles. The fourth-order valence-electron chi connectivity index (χ4n) is 3.74. The monoisotopic (exact) mass is 489 g/mol. The third-order valence-electron chi connectivity index (χ3n) is 5.69. The predicted molar refractivity (Wildman–Crippen MR) is 133 cm³/mol. The lowest BCUT2D eigenvalue weighted by Gasteiger charge is -2.10. The molecule has 1 amide bonds. The van der Waals surface area contributed by atoms with Crippen LogP contribution in [0.1, 0.15) is 43.6 Å².